The first-order valence-corrected chi connectivity index (χ1v) is 8.86. The van der Waals surface area contributed by atoms with Gasteiger partial charge >= 0.3 is 0 Å². The quantitative estimate of drug-likeness (QED) is 0.576. The van der Waals surface area contributed by atoms with Gasteiger partial charge in [0.25, 0.3) is 0 Å². The summed E-state index contributed by atoms with van der Waals surface area (Å²) in [5, 5.41) is 2.53. The van der Waals surface area contributed by atoms with E-state index in [0.717, 1.165) is 12.3 Å². The number of alkyl halides is 1. The molecule has 0 amide bonds. The van der Waals surface area contributed by atoms with Gasteiger partial charge in [-0.15, -0.1) is 22.9 Å². The molecule has 18 heavy (non-hydrogen) atoms. The Labute approximate surface area is 128 Å². The molecule has 2 rings (SSSR count). The lowest BCUT2D eigenvalue weighted by atomic mass is 9.67. The van der Waals surface area contributed by atoms with Crippen molar-refractivity contribution in [3.8, 4) is 0 Å². The standard InChI is InChI=1S/C15H22BrClS/c1-10-4-5-13(14(17)6-10)15(2,3)8-12-7-11(16)9-18-12/h7,9-10,13-14H,4-6,8H2,1-3H3. The van der Waals surface area contributed by atoms with E-state index in [4.69, 9.17) is 11.6 Å². The van der Waals surface area contributed by atoms with Crippen LogP contribution in [0.4, 0.5) is 0 Å². The molecule has 0 saturated heterocycles. The van der Waals surface area contributed by atoms with E-state index < -0.39 is 0 Å². The topological polar surface area (TPSA) is 0 Å². The van der Waals surface area contributed by atoms with Gasteiger partial charge in [0, 0.05) is 20.1 Å². The highest BCUT2D eigenvalue weighted by atomic mass is 79.9. The van der Waals surface area contributed by atoms with Crippen LogP contribution in [0.1, 0.15) is 44.9 Å². The van der Waals surface area contributed by atoms with Gasteiger partial charge in [-0.2, -0.15) is 0 Å². The second kappa shape index (κ2) is 5.85. The van der Waals surface area contributed by atoms with E-state index in [-0.39, 0.29) is 0 Å². The van der Waals surface area contributed by atoms with E-state index >= 15 is 0 Å². The molecule has 1 aliphatic carbocycles. The highest BCUT2D eigenvalue weighted by Crippen LogP contribution is 2.45. The molecule has 1 aromatic heterocycles. The van der Waals surface area contributed by atoms with Crippen molar-refractivity contribution in [2.45, 2.75) is 51.8 Å². The van der Waals surface area contributed by atoms with Crippen molar-refractivity contribution in [1.82, 2.24) is 0 Å². The van der Waals surface area contributed by atoms with E-state index in [9.17, 15) is 0 Å². The Morgan fingerprint density at radius 3 is 2.72 bits per heavy atom. The molecule has 1 aromatic rings. The van der Waals surface area contributed by atoms with Crippen molar-refractivity contribution in [2.75, 3.05) is 0 Å². The molecule has 0 N–H and O–H groups in total. The minimum atomic E-state index is 0.302. The third-order valence-corrected chi connectivity index (χ3v) is 6.47. The summed E-state index contributed by atoms with van der Waals surface area (Å²) in [6, 6.07) is 2.25. The Balaban J connectivity index is 2.05. The van der Waals surface area contributed by atoms with Gasteiger partial charge in [0.05, 0.1) is 0 Å². The number of hydrogen-bond donors (Lipinski definition) is 0. The van der Waals surface area contributed by atoms with Crippen LogP contribution in [-0.2, 0) is 6.42 Å². The Kier molecular flexibility index (Phi) is 4.83. The largest absolute Gasteiger partial charge is 0.148 e. The highest BCUT2D eigenvalue weighted by molar-refractivity contribution is 9.10. The number of thiophene rings is 1. The molecule has 1 fully saturated rings. The molecular weight excluding hydrogens is 328 g/mol. The monoisotopic (exact) mass is 348 g/mol. The lowest BCUT2D eigenvalue weighted by molar-refractivity contribution is 0.142. The first-order chi connectivity index (χ1) is 8.38. The Morgan fingerprint density at radius 1 is 1.44 bits per heavy atom. The fourth-order valence-electron chi connectivity index (χ4n) is 3.22. The maximum absolute atomic E-state index is 6.63. The van der Waals surface area contributed by atoms with Crippen molar-refractivity contribution in [3.05, 3.63) is 20.8 Å². The molecule has 0 aliphatic heterocycles. The predicted molar refractivity (Wildman–Crippen MR) is 85.7 cm³/mol. The summed E-state index contributed by atoms with van der Waals surface area (Å²) in [6.07, 6.45) is 4.95. The van der Waals surface area contributed by atoms with E-state index in [1.165, 1.54) is 28.6 Å². The van der Waals surface area contributed by atoms with Crippen LogP contribution in [0.25, 0.3) is 0 Å². The van der Waals surface area contributed by atoms with Gasteiger partial charge in [0.1, 0.15) is 0 Å². The van der Waals surface area contributed by atoms with Crippen LogP contribution < -0.4 is 0 Å². The van der Waals surface area contributed by atoms with E-state index in [1.54, 1.807) is 0 Å². The van der Waals surface area contributed by atoms with Gasteiger partial charge in [-0.25, -0.2) is 0 Å². The summed E-state index contributed by atoms with van der Waals surface area (Å²) in [5.74, 6) is 1.45. The van der Waals surface area contributed by atoms with Crippen molar-refractivity contribution in [3.63, 3.8) is 0 Å². The van der Waals surface area contributed by atoms with Crippen LogP contribution in [0.3, 0.4) is 0 Å². The number of rotatable bonds is 3. The molecule has 1 heterocycles. The second-order valence-corrected chi connectivity index (χ2v) is 8.91. The van der Waals surface area contributed by atoms with Gasteiger partial charge in [-0.1, -0.05) is 27.2 Å². The molecule has 1 aliphatic rings. The van der Waals surface area contributed by atoms with Gasteiger partial charge in [-0.05, 0) is 58.5 Å². The summed E-state index contributed by atoms with van der Waals surface area (Å²) in [4.78, 5) is 1.47. The molecule has 1 saturated carbocycles. The summed E-state index contributed by atoms with van der Waals surface area (Å²) in [6.45, 7) is 7.10. The van der Waals surface area contributed by atoms with Crippen LogP contribution in [0.2, 0.25) is 0 Å². The predicted octanol–water partition coefficient (Wildman–Crippen LogP) is 6.12. The number of hydrogen-bond acceptors (Lipinski definition) is 1. The van der Waals surface area contributed by atoms with Crippen LogP contribution >= 0.6 is 38.9 Å². The fourth-order valence-corrected chi connectivity index (χ4v) is 5.68. The molecule has 0 radical (unpaired) electrons. The molecule has 0 aromatic carbocycles. The smallest absolute Gasteiger partial charge is 0.0372 e. The molecular formula is C15H22BrClS. The van der Waals surface area contributed by atoms with Gasteiger partial charge < -0.3 is 0 Å². The molecule has 102 valence electrons. The summed E-state index contributed by atoms with van der Waals surface area (Å²) < 4.78 is 1.21. The lowest BCUT2D eigenvalue weighted by Gasteiger charge is -2.41. The lowest BCUT2D eigenvalue weighted by Crippen LogP contribution is -2.37. The van der Waals surface area contributed by atoms with Crippen molar-refractivity contribution < 1.29 is 0 Å². The number of halogens is 2. The molecule has 0 nitrogen and oxygen atoms in total. The minimum Gasteiger partial charge on any atom is -0.148 e. The third-order valence-electron chi connectivity index (χ3n) is 4.29. The average Bonchev–Trinajstić information content (AvgIpc) is 2.62. The van der Waals surface area contributed by atoms with Crippen molar-refractivity contribution in [2.24, 2.45) is 17.3 Å². The van der Waals surface area contributed by atoms with Gasteiger partial charge in [-0.3, -0.25) is 0 Å². The SMILES string of the molecule is CC1CCC(C(C)(C)Cc2cc(Br)cs2)C(Cl)C1. The maximum Gasteiger partial charge on any atom is 0.0372 e. The molecule has 3 unspecified atom stereocenters. The van der Waals surface area contributed by atoms with Crippen molar-refractivity contribution in [1.29, 1.82) is 0 Å². The summed E-state index contributed by atoms with van der Waals surface area (Å²) in [5.41, 5.74) is 0.302. The average molecular weight is 350 g/mol. The van der Waals surface area contributed by atoms with E-state index in [0.29, 0.717) is 16.7 Å². The molecule has 3 atom stereocenters. The zero-order valence-corrected chi connectivity index (χ0v) is 14.5. The Bertz CT molecular complexity index is 399. The Morgan fingerprint density at radius 2 is 2.17 bits per heavy atom. The second-order valence-electron chi connectivity index (χ2n) is 6.44. The zero-order valence-electron chi connectivity index (χ0n) is 11.4. The summed E-state index contributed by atoms with van der Waals surface area (Å²) in [7, 11) is 0. The zero-order chi connectivity index (χ0) is 13.3. The van der Waals surface area contributed by atoms with Gasteiger partial charge in [0.15, 0.2) is 0 Å². The normalized spacial score (nSPS) is 29.5. The van der Waals surface area contributed by atoms with Crippen LogP contribution in [0.15, 0.2) is 15.9 Å². The van der Waals surface area contributed by atoms with E-state index in [2.05, 4.69) is 48.1 Å². The first-order valence-electron chi connectivity index (χ1n) is 6.75. The van der Waals surface area contributed by atoms with Crippen LogP contribution in [0, 0.1) is 17.3 Å². The maximum atomic E-state index is 6.63. The van der Waals surface area contributed by atoms with Crippen LogP contribution in [0.5, 0.6) is 0 Å². The van der Waals surface area contributed by atoms with E-state index in [1.807, 2.05) is 11.3 Å². The fraction of sp³-hybridized carbons (Fsp3) is 0.733. The molecule has 0 bridgehead atoms. The third kappa shape index (κ3) is 3.52. The highest BCUT2D eigenvalue weighted by Gasteiger charge is 2.38. The Hall–Kier alpha value is 0.470. The molecule has 0 spiro atoms. The van der Waals surface area contributed by atoms with Gasteiger partial charge in [0.2, 0.25) is 0 Å². The summed E-state index contributed by atoms with van der Waals surface area (Å²) >= 11 is 12.0. The van der Waals surface area contributed by atoms with Crippen molar-refractivity contribution >= 4 is 38.9 Å². The first kappa shape index (κ1) is 14.9. The van der Waals surface area contributed by atoms with Crippen LogP contribution in [-0.4, -0.2) is 5.38 Å². The minimum absolute atomic E-state index is 0.302. The molecule has 3 heteroatoms.